The van der Waals surface area contributed by atoms with Gasteiger partial charge in [-0.1, -0.05) is 30.3 Å². The summed E-state index contributed by atoms with van der Waals surface area (Å²) in [5.74, 6) is 1.71. The number of rotatable bonds is 4. The quantitative estimate of drug-likeness (QED) is 0.848. The number of urea groups is 1. The van der Waals surface area contributed by atoms with Gasteiger partial charge < -0.3 is 10.1 Å². The van der Waals surface area contributed by atoms with Gasteiger partial charge in [0.25, 0.3) is 0 Å². The van der Waals surface area contributed by atoms with Crippen LogP contribution >= 0.6 is 0 Å². The molecule has 0 aromatic heterocycles. The van der Waals surface area contributed by atoms with Gasteiger partial charge in [0.2, 0.25) is 0 Å². The van der Waals surface area contributed by atoms with Crippen molar-refractivity contribution >= 4 is 17.6 Å². The number of benzene rings is 2. The maximum atomic E-state index is 13.2. The minimum atomic E-state index is -0.000994. The molecule has 2 unspecified atom stereocenters. The number of amidine groups is 1. The summed E-state index contributed by atoms with van der Waals surface area (Å²) in [4.78, 5) is 24.1. The third kappa shape index (κ3) is 3.05. The van der Waals surface area contributed by atoms with Gasteiger partial charge in [-0.25, -0.2) is 4.79 Å². The number of amides is 2. The van der Waals surface area contributed by atoms with Gasteiger partial charge in [0, 0.05) is 44.4 Å². The number of nitrogens with one attached hydrogen (secondary N) is 1. The van der Waals surface area contributed by atoms with Gasteiger partial charge in [-0.2, -0.15) is 0 Å². The minimum absolute atomic E-state index is 0.000994. The Balaban J connectivity index is 1.41. The van der Waals surface area contributed by atoms with Crippen LogP contribution < -0.4 is 15.0 Å². The van der Waals surface area contributed by atoms with E-state index in [-0.39, 0.29) is 18.1 Å². The Morgan fingerprint density at radius 3 is 2.83 bits per heavy atom. The molecule has 5 rings (SSSR count). The Morgan fingerprint density at radius 2 is 1.97 bits per heavy atom. The van der Waals surface area contributed by atoms with E-state index in [0.717, 1.165) is 49.0 Å². The lowest BCUT2D eigenvalue weighted by atomic mass is 10.0. The van der Waals surface area contributed by atoms with E-state index < -0.39 is 0 Å². The molecule has 0 radical (unpaired) electrons. The van der Waals surface area contributed by atoms with Crippen LogP contribution in [-0.2, 0) is 0 Å². The number of nitrogens with zero attached hydrogens (tertiary/aromatic N) is 4. The van der Waals surface area contributed by atoms with Crippen molar-refractivity contribution in [3.63, 3.8) is 0 Å². The molecule has 3 heterocycles. The number of carbonyl (C=O) groups is 1. The third-order valence-corrected chi connectivity index (χ3v) is 6.34. The Labute approximate surface area is 176 Å². The lowest BCUT2D eigenvalue weighted by Gasteiger charge is -2.41. The fourth-order valence-electron chi connectivity index (χ4n) is 4.83. The normalized spacial score (nSPS) is 23.8. The molecule has 2 aromatic rings. The number of ether oxygens (including phenoxy) is 1. The molecule has 7 heteroatoms. The van der Waals surface area contributed by atoms with Crippen molar-refractivity contribution in [3.8, 4) is 5.75 Å². The van der Waals surface area contributed by atoms with E-state index in [9.17, 15) is 4.79 Å². The van der Waals surface area contributed by atoms with Crippen LogP contribution in [0.1, 0.15) is 17.2 Å². The van der Waals surface area contributed by atoms with Gasteiger partial charge in [-0.05, 0) is 18.2 Å². The van der Waals surface area contributed by atoms with Gasteiger partial charge in [-0.3, -0.25) is 19.7 Å². The number of piperazine rings is 1. The molecule has 1 fully saturated rings. The van der Waals surface area contributed by atoms with Crippen LogP contribution in [0, 0.1) is 0 Å². The second-order valence-corrected chi connectivity index (χ2v) is 8.00. The molecule has 0 spiro atoms. The monoisotopic (exact) mass is 405 g/mol. The molecule has 3 aliphatic heterocycles. The molecule has 3 aliphatic rings. The number of anilines is 1. The van der Waals surface area contributed by atoms with Crippen molar-refractivity contribution in [3.05, 3.63) is 59.7 Å². The average molecular weight is 406 g/mol. The van der Waals surface area contributed by atoms with Crippen molar-refractivity contribution in [2.24, 2.45) is 4.99 Å². The van der Waals surface area contributed by atoms with Crippen molar-refractivity contribution in [2.75, 3.05) is 51.8 Å². The minimum Gasteiger partial charge on any atom is -0.496 e. The summed E-state index contributed by atoms with van der Waals surface area (Å²) in [5, 5.41) is 3.51. The van der Waals surface area contributed by atoms with E-state index in [1.54, 1.807) is 12.0 Å². The zero-order valence-corrected chi connectivity index (χ0v) is 17.4. The molecule has 156 valence electrons. The molecular weight excluding hydrogens is 378 g/mol. The van der Waals surface area contributed by atoms with Gasteiger partial charge >= 0.3 is 6.03 Å². The Bertz CT molecular complexity index is 991. The van der Waals surface area contributed by atoms with Crippen LogP contribution in [0.15, 0.2) is 53.5 Å². The van der Waals surface area contributed by atoms with E-state index >= 15 is 0 Å². The van der Waals surface area contributed by atoms with Crippen LogP contribution in [0.3, 0.4) is 0 Å². The maximum absolute atomic E-state index is 13.2. The van der Waals surface area contributed by atoms with Crippen LogP contribution in [0.5, 0.6) is 5.75 Å². The predicted molar refractivity (Wildman–Crippen MR) is 117 cm³/mol. The van der Waals surface area contributed by atoms with Crippen LogP contribution in [0.25, 0.3) is 0 Å². The molecule has 2 aromatic carbocycles. The number of hydrogen-bond acceptors (Lipinski definition) is 5. The number of aliphatic imine (C=N–C) groups is 1. The molecule has 30 heavy (non-hydrogen) atoms. The summed E-state index contributed by atoms with van der Waals surface area (Å²) < 4.78 is 5.62. The Morgan fingerprint density at radius 1 is 1.17 bits per heavy atom. The number of hydrogen-bond donors (Lipinski definition) is 1. The Hall–Kier alpha value is -2.90. The number of methoxy groups -OCH3 is 1. The van der Waals surface area contributed by atoms with E-state index in [1.165, 1.54) is 5.56 Å². The fraction of sp³-hybridized carbons (Fsp3) is 0.391. The first-order valence-corrected chi connectivity index (χ1v) is 10.5. The van der Waals surface area contributed by atoms with Crippen molar-refractivity contribution < 1.29 is 9.53 Å². The highest BCUT2D eigenvalue weighted by molar-refractivity contribution is 6.19. The first-order valence-electron chi connectivity index (χ1n) is 10.5. The van der Waals surface area contributed by atoms with E-state index in [2.05, 4.69) is 28.4 Å². The summed E-state index contributed by atoms with van der Waals surface area (Å²) in [6.07, 6.45) is 0. The molecular formula is C23H27N5O2. The number of fused-ring (bicyclic) bond motifs is 3. The third-order valence-electron chi connectivity index (χ3n) is 6.34. The summed E-state index contributed by atoms with van der Waals surface area (Å²) in [5.41, 5.74) is 3.13. The van der Waals surface area contributed by atoms with E-state index in [4.69, 9.17) is 9.73 Å². The highest BCUT2D eigenvalue weighted by Crippen LogP contribution is 2.34. The second kappa shape index (κ2) is 7.74. The van der Waals surface area contributed by atoms with Crippen molar-refractivity contribution in [1.82, 2.24) is 15.1 Å². The van der Waals surface area contributed by atoms with Crippen molar-refractivity contribution in [1.29, 1.82) is 0 Å². The van der Waals surface area contributed by atoms with Gasteiger partial charge in [-0.15, -0.1) is 0 Å². The standard InChI is InChI=1S/C23H27N5O2/c1-26-19-9-5-3-8-18(19)22-25-13-16(28(22)23(26)29)15-27-12-11-24-14-20(27)17-7-4-6-10-21(17)30-2/h3-10,16,20,24H,11-15H2,1-2H3. The lowest BCUT2D eigenvalue weighted by molar-refractivity contribution is 0.130. The SMILES string of the molecule is COc1ccccc1C1CNCCN1CC1CN=C2c3ccccc3N(C)C(=O)N21. The highest BCUT2D eigenvalue weighted by Gasteiger charge is 2.42. The maximum Gasteiger partial charge on any atom is 0.330 e. The summed E-state index contributed by atoms with van der Waals surface area (Å²) in [7, 11) is 3.56. The molecule has 0 aliphatic carbocycles. The first kappa shape index (κ1) is 19.1. The molecule has 1 saturated heterocycles. The van der Waals surface area contributed by atoms with Gasteiger partial charge in [0.15, 0.2) is 0 Å². The summed E-state index contributed by atoms with van der Waals surface area (Å²) in [6.45, 7) is 4.12. The van der Waals surface area contributed by atoms with E-state index in [0.29, 0.717) is 6.54 Å². The fourth-order valence-corrected chi connectivity index (χ4v) is 4.83. The molecule has 0 bridgehead atoms. The first-order chi connectivity index (χ1) is 14.7. The predicted octanol–water partition coefficient (Wildman–Crippen LogP) is 2.34. The van der Waals surface area contributed by atoms with Crippen LogP contribution in [-0.4, -0.2) is 74.6 Å². The van der Waals surface area contributed by atoms with Gasteiger partial charge in [0.1, 0.15) is 11.6 Å². The highest BCUT2D eigenvalue weighted by atomic mass is 16.5. The smallest absolute Gasteiger partial charge is 0.330 e. The number of carbonyl (C=O) groups excluding carboxylic acids is 1. The molecule has 2 atom stereocenters. The molecule has 0 saturated carbocycles. The Kier molecular flexibility index (Phi) is 4.92. The van der Waals surface area contributed by atoms with Crippen LogP contribution in [0.4, 0.5) is 10.5 Å². The molecule has 7 nitrogen and oxygen atoms in total. The lowest BCUT2D eigenvalue weighted by Crippen LogP contribution is -2.57. The van der Waals surface area contributed by atoms with Crippen LogP contribution in [0.2, 0.25) is 0 Å². The van der Waals surface area contributed by atoms with Crippen molar-refractivity contribution in [2.45, 2.75) is 12.1 Å². The second-order valence-electron chi connectivity index (χ2n) is 8.00. The zero-order chi connectivity index (χ0) is 20.7. The average Bonchev–Trinajstić information content (AvgIpc) is 3.22. The molecule has 1 N–H and O–H groups in total. The summed E-state index contributed by atoms with van der Waals surface area (Å²) in [6, 6.07) is 16.4. The number of para-hydroxylation sites is 2. The largest absolute Gasteiger partial charge is 0.496 e. The molecule has 2 amide bonds. The van der Waals surface area contributed by atoms with E-state index in [1.807, 2.05) is 42.3 Å². The summed E-state index contributed by atoms with van der Waals surface area (Å²) >= 11 is 0. The van der Waals surface area contributed by atoms with Gasteiger partial charge in [0.05, 0.1) is 31.4 Å². The zero-order valence-electron chi connectivity index (χ0n) is 17.4. The topological polar surface area (TPSA) is 60.4 Å².